The third-order valence-corrected chi connectivity index (χ3v) is 15.4. The monoisotopic (exact) mass is 845 g/mol. The Kier molecular flexibility index (Phi) is 12.6. The highest BCUT2D eigenvalue weighted by Gasteiger charge is 2.70. The van der Waals surface area contributed by atoms with E-state index in [0.717, 1.165) is 6.07 Å². The Morgan fingerprint density at radius 2 is 0.886 bits per heavy atom. The lowest BCUT2D eigenvalue weighted by molar-refractivity contribution is 0.197. The van der Waals surface area contributed by atoms with Gasteiger partial charge in [0.15, 0.2) is 17.3 Å². The Balaban J connectivity index is 3.96. The molecule has 35 heavy (non-hydrogen) atoms. The van der Waals surface area contributed by atoms with Crippen molar-refractivity contribution in [3.05, 3.63) is 34.9 Å². The van der Waals surface area contributed by atoms with E-state index in [9.17, 15) is 5.11 Å². The van der Waals surface area contributed by atoms with Crippen LogP contribution in [0.25, 0.3) is 0 Å². The summed E-state index contributed by atoms with van der Waals surface area (Å²) in [5.74, 6) is 0. The van der Waals surface area contributed by atoms with Gasteiger partial charge in [0.1, 0.15) is 0 Å². The molecule has 1 rings (SSSR count). The third kappa shape index (κ3) is 6.66. The summed E-state index contributed by atoms with van der Waals surface area (Å²) in [4.78, 5) is 0. The van der Waals surface area contributed by atoms with Gasteiger partial charge in [-0.3, -0.25) is 0 Å². The third-order valence-electron chi connectivity index (χ3n) is 4.49. The Labute approximate surface area is 291 Å². The van der Waals surface area contributed by atoms with Gasteiger partial charge in [0.2, 0.25) is 16.3 Å². The first-order valence-corrected chi connectivity index (χ1v) is 15.1. The van der Waals surface area contributed by atoms with Crippen LogP contribution in [0.2, 0.25) is 0 Å². The number of hydrogen-bond donors (Lipinski definition) is 1. The second kappa shape index (κ2) is 11.8. The van der Waals surface area contributed by atoms with Crippen LogP contribution >= 0.6 is 209 Å². The molecule has 1 atom stereocenters. The van der Waals surface area contributed by atoms with Crippen LogP contribution < -0.4 is 0 Å². The number of hydrogen-bond acceptors (Lipinski definition) is 1. The number of alkyl halides is 18. The molecule has 0 bridgehead atoms. The van der Waals surface area contributed by atoms with Gasteiger partial charge in [-0.15, -0.1) is 0 Å². The minimum atomic E-state index is -2.69. The highest BCUT2D eigenvalue weighted by molar-refractivity contribution is 6.81. The van der Waals surface area contributed by atoms with E-state index in [-0.39, 0.29) is 16.7 Å². The lowest BCUT2D eigenvalue weighted by Crippen LogP contribution is -2.55. The van der Waals surface area contributed by atoms with Gasteiger partial charge in [0, 0.05) is 0 Å². The maximum absolute atomic E-state index is 10.3. The van der Waals surface area contributed by atoms with Crippen LogP contribution in [0.5, 0.6) is 0 Å². The van der Waals surface area contributed by atoms with Crippen LogP contribution in [-0.4, -0.2) is 30.0 Å². The molecular formula is C16H8Cl18O. The zero-order valence-corrected chi connectivity index (χ0v) is 29.7. The standard InChI is InChI=1S/C16H8Cl18O/c1-5(35)7-3-2-6(9(17,18)11(21,22)13(25,26)15(29,30)31)4-8(7)10(19,20)12(23,24)14(27,28)16(32,33)34/h2-5,35H,1H3. The fraction of sp³-hybridized carbons (Fsp3) is 0.625. The van der Waals surface area contributed by atoms with Crippen molar-refractivity contribution in [2.45, 2.75) is 46.6 Å². The van der Waals surface area contributed by atoms with Crippen molar-refractivity contribution < 1.29 is 5.11 Å². The second-order valence-electron chi connectivity index (χ2n) is 6.92. The lowest BCUT2D eigenvalue weighted by atomic mass is 9.92. The van der Waals surface area contributed by atoms with Crippen LogP contribution in [0, 0.1) is 0 Å². The lowest BCUT2D eigenvalue weighted by Gasteiger charge is -2.46. The summed E-state index contributed by atoms with van der Waals surface area (Å²) in [6.45, 7) is 1.35. The fourth-order valence-corrected chi connectivity index (χ4v) is 6.99. The van der Waals surface area contributed by atoms with Gasteiger partial charge in [-0.2, -0.15) is 0 Å². The van der Waals surface area contributed by atoms with Crippen molar-refractivity contribution in [3.63, 3.8) is 0 Å². The Bertz CT molecular complexity index is 923. The maximum atomic E-state index is 10.3. The van der Waals surface area contributed by atoms with Crippen LogP contribution in [0.4, 0.5) is 0 Å². The van der Waals surface area contributed by atoms with Crippen molar-refractivity contribution in [1.82, 2.24) is 0 Å². The van der Waals surface area contributed by atoms with E-state index in [1.807, 2.05) is 0 Å². The van der Waals surface area contributed by atoms with E-state index in [2.05, 4.69) is 0 Å². The van der Waals surface area contributed by atoms with Crippen molar-refractivity contribution >= 4 is 209 Å². The molecular weight excluding hydrogens is 846 g/mol. The smallest absolute Gasteiger partial charge is 0.226 e. The molecule has 204 valence electrons. The molecule has 0 heterocycles. The van der Waals surface area contributed by atoms with Crippen LogP contribution in [0.15, 0.2) is 18.2 Å². The maximum Gasteiger partial charge on any atom is 0.226 e. The Morgan fingerprint density at radius 3 is 1.20 bits per heavy atom. The number of halogens is 18. The first kappa shape index (κ1) is 37.4. The first-order valence-electron chi connectivity index (χ1n) is 8.26. The summed E-state index contributed by atoms with van der Waals surface area (Å²) in [7, 11) is 0. The summed E-state index contributed by atoms with van der Waals surface area (Å²) in [5, 5.41) is 10.3. The van der Waals surface area contributed by atoms with Gasteiger partial charge in [0.25, 0.3) is 0 Å². The van der Waals surface area contributed by atoms with Gasteiger partial charge in [-0.1, -0.05) is 221 Å². The largest absolute Gasteiger partial charge is 0.389 e. The predicted octanol–water partition coefficient (Wildman–Crippen LogP) is 12.4. The molecule has 0 aliphatic rings. The minimum absolute atomic E-state index is 0.0288. The van der Waals surface area contributed by atoms with Crippen molar-refractivity contribution in [2.24, 2.45) is 0 Å². The molecule has 0 aliphatic carbocycles. The van der Waals surface area contributed by atoms with E-state index in [1.54, 1.807) is 0 Å². The van der Waals surface area contributed by atoms with Crippen molar-refractivity contribution in [3.8, 4) is 0 Å². The normalized spacial score (nSPS) is 16.5. The quantitative estimate of drug-likeness (QED) is 0.271. The molecule has 0 saturated carbocycles. The van der Waals surface area contributed by atoms with Gasteiger partial charge < -0.3 is 5.11 Å². The van der Waals surface area contributed by atoms with E-state index in [1.165, 1.54) is 19.1 Å². The number of benzene rings is 1. The summed E-state index contributed by atoms with van der Waals surface area (Å²) < 4.78 is -20.6. The van der Waals surface area contributed by atoms with Gasteiger partial charge in [0.05, 0.1) is 6.10 Å². The number of aliphatic hydroxyl groups is 1. The SMILES string of the molecule is CC(O)c1ccc(C(Cl)(Cl)C(Cl)(Cl)C(Cl)(Cl)C(Cl)(Cl)Cl)cc1C(Cl)(Cl)C(Cl)(Cl)C(Cl)(Cl)C(Cl)(Cl)Cl. The molecule has 0 saturated heterocycles. The molecule has 1 N–H and O–H groups in total. The molecule has 1 aromatic rings. The molecule has 19 heteroatoms. The van der Waals surface area contributed by atoms with Crippen LogP contribution in [0.1, 0.15) is 29.7 Å². The first-order chi connectivity index (χ1) is 15.0. The molecule has 0 aliphatic heterocycles. The van der Waals surface area contributed by atoms with E-state index in [0.29, 0.717) is 0 Å². The number of aliphatic hydroxyl groups excluding tert-OH is 1. The van der Waals surface area contributed by atoms with Crippen LogP contribution in [0.3, 0.4) is 0 Å². The van der Waals surface area contributed by atoms with Crippen molar-refractivity contribution in [1.29, 1.82) is 0 Å². The zero-order chi connectivity index (χ0) is 28.4. The molecule has 0 spiro atoms. The summed E-state index contributed by atoms with van der Waals surface area (Å²) in [6.07, 6.45) is -1.24. The molecule has 1 unspecified atom stereocenters. The van der Waals surface area contributed by atoms with Crippen LogP contribution in [-0.2, 0) is 8.67 Å². The Hall–Kier alpha value is 4.40. The highest BCUT2D eigenvalue weighted by atomic mass is 35.6. The molecule has 1 nitrogen and oxygen atoms in total. The van der Waals surface area contributed by atoms with Gasteiger partial charge in [-0.25, -0.2) is 0 Å². The van der Waals surface area contributed by atoms with E-state index >= 15 is 0 Å². The van der Waals surface area contributed by atoms with Gasteiger partial charge in [-0.05, 0) is 29.7 Å². The molecule has 0 radical (unpaired) electrons. The summed E-state index contributed by atoms with van der Waals surface area (Å²) >= 11 is 111. The average Bonchev–Trinajstić information content (AvgIpc) is 2.64. The summed E-state index contributed by atoms with van der Waals surface area (Å²) in [6, 6.07) is 3.61. The average molecular weight is 854 g/mol. The summed E-state index contributed by atoms with van der Waals surface area (Å²) in [5.41, 5.74) is -0.429. The highest BCUT2D eigenvalue weighted by Crippen LogP contribution is 2.68. The predicted molar refractivity (Wildman–Crippen MR) is 162 cm³/mol. The number of rotatable bonds is 7. The minimum Gasteiger partial charge on any atom is -0.389 e. The van der Waals surface area contributed by atoms with Crippen molar-refractivity contribution in [2.75, 3.05) is 0 Å². The molecule has 1 aromatic carbocycles. The Morgan fingerprint density at radius 1 is 0.543 bits per heavy atom. The molecule has 0 amide bonds. The second-order valence-corrected chi connectivity index (χ2v) is 19.4. The van der Waals surface area contributed by atoms with Gasteiger partial charge >= 0.3 is 0 Å². The topological polar surface area (TPSA) is 20.2 Å². The fourth-order valence-electron chi connectivity index (χ4n) is 2.49. The van der Waals surface area contributed by atoms with E-state index in [4.69, 9.17) is 209 Å². The zero-order valence-electron chi connectivity index (χ0n) is 16.1. The van der Waals surface area contributed by atoms with E-state index < -0.39 is 39.7 Å². The molecule has 0 fully saturated rings. The molecule has 0 aromatic heterocycles.